The number of nitrogens with one attached hydrogen (secondary N) is 1. The van der Waals surface area contributed by atoms with Crippen LogP contribution in [0.3, 0.4) is 0 Å². The average molecular weight is 287 g/mol. The van der Waals surface area contributed by atoms with Gasteiger partial charge < -0.3 is 5.32 Å². The Kier molecular flexibility index (Phi) is 5.81. The first-order valence-electron chi connectivity index (χ1n) is 7.08. The zero-order chi connectivity index (χ0) is 14.2. The van der Waals surface area contributed by atoms with Gasteiger partial charge in [0.1, 0.15) is 0 Å². The first-order valence-corrected chi connectivity index (χ1v) is 8.02. The molecule has 0 aliphatic heterocycles. The van der Waals surface area contributed by atoms with Crippen molar-refractivity contribution >= 4 is 17.2 Å². The molecule has 1 aromatic carbocycles. The summed E-state index contributed by atoms with van der Waals surface area (Å²) >= 11 is 1.68. The fourth-order valence-electron chi connectivity index (χ4n) is 2.14. The molecule has 1 amide bonds. The summed E-state index contributed by atoms with van der Waals surface area (Å²) in [7, 11) is 0. The monoisotopic (exact) mass is 287 g/mol. The lowest BCUT2D eigenvalue weighted by atomic mass is 10.1. The van der Waals surface area contributed by atoms with Crippen LogP contribution in [0.1, 0.15) is 30.9 Å². The van der Waals surface area contributed by atoms with Crippen LogP contribution < -0.4 is 5.32 Å². The van der Waals surface area contributed by atoms with Crippen LogP contribution in [0.25, 0.3) is 0 Å². The van der Waals surface area contributed by atoms with Gasteiger partial charge >= 0.3 is 0 Å². The molecule has 1 aromatic heterocycles. The Bertz CT molecular complexity index is 507. The average Bonchev–Trinajstić information content (AvgIpc) is 2.97. The molecular weight excluding hydrogens is 266 g/mol. The van der Waals surface area contributed by atoms with E-state index in [1.54, 1.807) is 11.3 Å². The van der Waals surface area contributed by atoms with E-state index in [0.29, 0.717) is 6.42 Å². The molecule has 0 aliphatic rings. The first kappa shape index (κ1) is 14.8. The van der Waals surface area contributed by atoms with Crippen molar-refractivity contribution in [3.63, 3.8) is 0 Å². The van der Waals surface area contributed by atoms with Crippen molar-refractivity contribution in [2.24, 2.45) is 0 Å². The van der Waals surface area contributed by atoms with E-state index >= 15 is 0 Å². The number of amides is 1. The van der Waals surface area contributed by atoms with E-state index in [1.807, 2.05) is 6.07 Å². The quantitative estimate of drug-likeness (QED) is 0.824. The zero-order valence-corrected chi connectivity index (χ0v) is 12.7. The molecule has 2 nitrogen and oxygen atoms in total. The van der Waals surface area contributed by atoms with E-state index in [4.69, 9.17) is 0 Å². The van der Waals surface area contributed by atoms with Crippen molar-refractivity contribution in [1.82, 2.24) is 5.32 Å². The van der Waals surface area contributed by atoms with Gasteiger partial charge in [0.25, 0.3) is 0 Å². The molecule has 2 rings (SSSR count). The minimum absolute atomic E-state index is 0.150. The predicted molar refractivity (Wildman–Crippen MR) is 85.0 cm³/mol. The van der Waals surface area contributed by atoms with E-state index < -0.39 is 0 Å². The number of rotatable bonds is 7. The van der Waals surface area contributed by atoms with Gasteiger partial charge in [-0.25, -0.2) is 0 Å². The number of thiophene rings is 1. The van der Waals surface area contributed by atoms with E-state index in [1.165, 1.54) is 11.1 Å². The third kappa shape index (κ3) is 5.17. The van der Waals surface area contributed by atoms with Gasteiger partial charge in [-0.2, -0.15) is 11.3 Å². The van der Waals surface area contributed by atoms with E-state index in [9.17, 15) is 4.79 Å². The van der Waals surface area contributed by atoms with Crippen LogP contribution in [-0.2, 0) is 17.6 Å². The second-order valence-electron chi connectivity index (χ2n) is 5.12. The highest BCUT2D eigenvalue weighted by atomic mass is 32.1. The summed E-state index contributed by atoms with van der Waals surface area (Å²) in [6.07, 6.45) is 3.40. The van der Waals surface area contributed by atoms with Gasteiger partial charge in [-0.15, -0.1) is 0 Å². The van der Waals surface area contributed by atoms with Crippen LogP contribution in [0.4, 0.5) is 0 Å². The maximum absolute atomic E-state index is 11.9. The molecule has 0 fully saturated rings. The van der Waals surface area contributed by atoms with Crippen molar-refractivity contribution in [3.8, 4) is 0 Å². The third-order valence-corrected chi connectivity index (χ3v) is 4.07. The lowest BCUT2D eigenvalue weighted by Crippen LogP contribution is -2.33. The topological polar surface area (TPSA) is 29.1 Å². The van der Waals surface area contributed by atoms with Crippen molar-refractivity contribution in [2.45, 2.75) is 38.6 Å². The number of hydrogen-bond donors (Lipinski definition) is 1. The Morgan fingerprint density at radius 2 is 1.95 bits per heavy atom. The number of benzene rings is 1. The molecule has 2 aromatic rings. The molecule has 1 N–H and O–H groups in total. The molecule has 3 heteroatoms. The summed E-state index contributed by atoms with van der Waals surface area (Å²) in [6.45, 7) is 2.07. The summed E-state index contributed by atoms with van der Waals surface area (Å²) in [6, 6.07) is 12.7. The highest BCUT2D eigenvalue weighted by molar-refractivity contribution is 7.07. The Hall–Kier alpha value is -1.61. The molecule has 20 heavy (non-hydrogen) atoms. The highest BCUT2D eigenvalue weighted by Crippen LogP contribution is 2.09. The third-order valence-electron chi connectivity index (χ3n) is 3.34. The molecular formula is C17H21NOS. The van der Waals surface area contributed by atoms with Gasteiger partial charge in [0.15, 0.2) is 0 Å². The lowest BCUT2D eigenvalue weighted by molar-refractivity contribution is -0.121. The fraction of sp³-hybridized carbons (Fsp3) is 0.353. The Labute approximate surface area is 124 Å². The SMILES string of the molecule is CC(CCc1ccccc1)NC(=O)CCc1ccsc1. The van der Waals surface area contributed by atoms with E-state index in [-0.39, 0.29) is 11.9 Å². The molecule has 106 valence electrons. The van der Waals surface area contributed by atoms with E-state index in [0.717, 1.165) is 19.3 Å². The van der Waals surface area contributed by atoms with Crippen LogP contribution in [0, 0.1) is 0 Å². The number of hydrogen-bond acceptors (Lipinski definition) is 2. The lowest BCUT2D eigenvalue weighted by Gasteiger charge is -2.13. The predicted octanol–water partition coefficient (Wildman–Crippen LogP) is 3.82. The molecule has 0 saturated heterocycles. The van der Waals surface area contributed by atoms with Gasteiger partial charge in [0, 0.05) is 12.5 Å². The highest BCUT2D eigenvalue weighted by Gasteiger charge is 2.07. The number of carbonyl (C=O) groups excluding carboxylic acids is 1. The van der Waals surface area contributed by atoms with Crippen molar-refractivity contribution in [3.05, 3.63) is 58.3 Å². The van der Waals surface area contributed by atoms with E-state index in [2.05, 4.69) is 53.3 Å². The molecule has 1 unspecified atom stereocenters. The Morgan fingerprint density at radius 3 is 2.65 bits per heavy atom. The Morgan fingerprint density at radius 1 is 1.15 bits per heavy atom. The summed E-state index contributed by atoms with van der Waals surface area (Å²) in [5, 5.41) is 7.23. The minimum Gasteiger partial charge on any atom is -0.354 e. The van der Waals surface area contributed by atoms with Crippen molar-refractivity contribution in [1.29, 1.82) is 0 Å². The van der Waals surface area contributed by atoms with Crippen LogP contribution in [0.5, 0.6) is 0 Å². The zero-order valence-electron chi connectivity index (χ0n) is 11.8. The van der Waals surface area contributed by atoms with Crippen LogP contribution in [0.15, 0.2) is 47.2 Å². The van der Waals surface area contributed by atoms with Gasteiger partial charge in [0.05, 0.1) is 0 Å². The summed E-state index contributed by atoms with van der Waals surface area (Å²) in [5.41, 5.74) is 2.58. The number of aryl methyl sites for hydroxylation is 2. The first-order chi connectivity index (χ1) is 9.74. The molecule has 1 heterocycles. The smallest absolute Gasteiger partial charge is 0.220 e. The molecule has 0 spiro atoms. The fourth-order valence-corrected chi connectivity index (χ4v) is 2.84. The minimum atomic E-state index is 0.150. The van der Waals surface area contributed by atoms with Crippen LogP contribution >= 0.6 is 11.3 Å². The van der Waals surface area contributed by atoms with Gasteiger partial charge in [0.2, 0.25) is 5.91 Å². The van der Waals surface area contributed by atoms with Crippen LogP contribution in [-0.4, -0.2) is 11.9 Å². The van der Waals surface area contributed by atoms with Crippen molar-refractivity contribution in [2.75, 3.05) is 0 Å². The van der Waals surface area contributed by atoms with Gasteiger partial charge in [-0.05, 0) is 54.1 Å². The summed E-state index contributed by atoms with van der Waals surface area (Å²) < 4.78 is 0. The maximum Gasteiger partial charge on any atom is 0.220 e. The van der Waals surface area contributed by atoms with Gasteiger partial charge in [-0.3, -0.25) is 4.79 Å². The molecule has 0 bridgehead atoms. The Balaban J connectivity index is 1.66. The second kappa shape index (κ2) is 7.85. The van der Waals surface area contributed by atoms with Crippen molar-refractivity contribution < 1.29 is 4.79 Å². The molecule has 0 radical (unpaired) electrons. The summed E-state index contributed by atoms with van der Waals surface area (Å²) in [5.74, 6) is 0.150. The largest absolute Gasteiger partial charge is 0.354 e. The standard InChI is InChI=1S/C17H21NOS/c1-14(7-8-15-5-3-2-4-6-15)18-17(19)10-9-16-11-12-20-13-16/h2-6,11-14H,7-10H2,1H3,(H,18,19). The normalized spacial score (nSPS) is 12.1. The van der Waals surface area contributed by atoms with Gasteiger partial charge in [-0.1, -0.05) is 30.3 Å². The number of carbonyl (C=O) groups is 1. The second-order valence-corrected chi connectivity index (χ2v) is 5.90. The maximum atomic E-state index is 11.9. The molecule has 0 saturated carbocycles. The molecule has 0 aliphatic carbocycles. The van der Waals surface area contributed by atoms with Crippen LogP contribution in [0.2, 0.25) is 0 Å². The summed E-state index contributed by atoms with van der Waals surface area (Å²) in [4.78, 5) is 11.9. The molecule has 1 atom stereocenters.